The van der Waals surface area contributed by atoms with E-state index in [0.29, 0.717) is 12.0 Å². The molecular formula is C27H33FN4O4. The zero-order chi connectivity index (χ0) is 25.9. The van der Waals surface area contributed by atoms with Crippen LogP contribution >= 0.6 is 0 Å². The number of aromatic nitrogens is 1. The Morgan fingerprint density at radius 3 is 2.61 bits per heavy atom. The summed E-state index contributed by atoms with van der Waals surface area (Å²) >= 11 is 0. The van der Waals surface area contributed by atoms with Crippen LogP contribution in [0, 0.1) is 5.82 Å². The molecule has 4 rings (SSSR count). The van der Waals surface area contributed by atoms with Gasteiger partial charge < -0.3 is 20.3 Å². The van der Waals surface area contributed by atoms with E-state index in [2.05, 4.69) is 15.6 Å². The van der Waals surface area contributed by atoms with Crippen molar-refractivity contribution in [1.82, 2.24) is 20.5 Å². The maximum atomic E-state index is 14.4. The summed E-state index contributed by atoms with van der Waals surface area (Å²) in [5.41, 5.74) is 1.51. The first-order valence-corrected chi connectivity index (χ1v) is 12.3. The number of fused-ring (bicyclic) bond motifs is 1. The number of hydrogen-bond donors (Lipinski definition) is 2. The van der Waals surface area contributed by atoms with Crippen LogP contribution in [0.15, 0.2) is 42.7 Å². The lowest BCUT2D eigenvalue weighted by atomic mass is 9.93. The van der Waals surface area contributed by atoms with Gasteiger partial charge in [0.1, 0.15) is 17.5 Å². The van der Waals surface area contributed by atoms with E-state index in [1.165, 1.54) is 6.07 Å². The van der Waals surface area contributed by atoms with Crippen molar-refractivity contribution in [2.45, 2.75) is 83.1 Å². The Labute approximate surface area is 210 Å². The minimum atomic E-state index is -0.730. The topological polar surface area (TPSA) is 101 Å². The van der Waals surface area contributed by atoms with Gasteiger partial charge in [-0.1, -0.05) is 18.2 Å². The number of alkyl carbamates (subject to hydrolysis) is 1. The van der Waals surface area contributed by atoms with Crippen LogP contribution in [0.2, 0.25) is 0 Å². The number of rotatable bonds is 7. The number of carbonyl (C=O) groups is 3. The van der Waals surface area contributed by atoms with E-state index in [1.54, 1.807) is 56.3 Å². The van der Waals surface area contributed by atoms with Crippen molar-refractivity contribution in [3.63, 3.8) is 0 Å². The number of benzene rings is 1. The molecule has 2 unspecified atom stereocenters. The fourth-order valence-electron chi connectivity index (χ4n) is 4.34. The van der Waals surface area contributed by atoms with Crippen molar-refractivity contribution in [3.8, 4) is 0 Å². The quantitative estimate of drug-likeness (QED) is 0.613. The van der Waals surface area contributed by atoms with Gasteiger partial charge in [-0.2, -0.15) is 0 Å². The first-order valence-electron chi connectivity index (χ1n) is 12.3. The van der Waals surface area contributed by atoms with Crippen molar-refractivity contribution in [3.05, 3.63) is 65.2 Å². The molecule has 1 aromatic carbocycles. The minimum Gasteiger partial charge on any atom is -0.444 e. The summed E-state index contributed by atoms with van der Waals surface area (Å²) in [7, 11) is 0. The molecule has 1 aromatic heterocycles. The molecule has 2 heterocycles. The van der Waals surface area contributed by atoms with Gasteiger partial charge in [-0.25, -0.2) is 9.18 Å². The molecule has 1 aliphatic carbocycles. The van der Waals surface area contributed by atoms with Crippen LogP contribution in [0.25, 0.3) is 0 Å². The Bertz CT molecular complexity index is 1130. The van der Waals surface area contributed by atoms with E-state index in [0.717, 1.165) is 24.0 Å². The average Bonchev–Trinajstić information content (AvgIpc) is 3.62. The van der Waals surface area contributed by atoms with E-state index in [1.807, 2.05) is 6.07 Å². The second-order valence-electron chi connectivity index (χ2n) is 10.5. The normalized spacial score (nSPS) is 18.1. The highest BCUT2D eigenvalue weighted by atomic mass is 19.1. The maximum Gasteiger partial charge on any atom is 0.407 e. The Morgan fingerprint density at radius 1 is 1.17 bits per heavy atom. The molecule has 2 atom stereocenters. The fraction of sp³-hybridized carbons (Fsp3) is 0.481. The molecule has 0 radical (unpaired) electrons. The number of carbonyl (C=O) groups excluding carboxylic acids is 3. The van der Waals surface area contributed by atoms with Crippen LogP contribution in [0.5, 0.6) is 0 Å². The molecule has 0 bridgehead atoms. The highest BCUT2D eigenvalue weighted by Crippen LogP contribution is 2.26. The van der Waals surface area contributed by atoms with Gasteiger partial charge in [0.05, 0.1) is 0 Å². The second kappa shape index (κ2) is 10.6. The predicted molar refractivity (Wildman–Crippen MR) is 131 cm³/mol. The highest BCUT2D eigenvalue weighted by molar-refractivity contribution is 5.89. The van der Waals surface area contributed by atoms with Gasteiger partial charge in [0.15, 0.2) is 0 Å². The Hall–Kier alpha value is -3.49. The van der Waals surface area contributed by atoms with E-state index >= 15 is 0 Å². The number of ether oxygens (including phenoxy) is 1. The third kappa shape index (κ3) is 6.80. The molecule has 192 valence electrons. The lowest BCUT2D eigenvalue weighted by Gasteiger charge is -2.36. The number of nitrogens with one attached hydrogen (secondary N) is 2. The Balaban J connectivity index is 1.54. The molecule has 1 saturated carbocycles. The number of halogens is 1. The van der Waals surface area contributed by atoms with Gasteiger partial charge >= 0.3 is 6.09 Å². The Morgan fingerprint density at radius 2 is 1.92 bits per heavy atom. The van der Waals surface area contributed by atoms with Crippen molar-refractivity contribution in [1.29, 1.82) is 0 Å². The van der Waals surface area contributed by atoms with Gasteiger partial charge in [0, 0.05) is 43.9 Å². The van der Waals surface area contributed by atoms with Crippen LogP contribution < -0.4 is 10.6 Å². The summed E-state index contributed by atoms with van der Waals surface area (Å²) in [5.74, 6) is -0.905. The van der Waals surface area contributed by atoms with Crippen LogP contribution in [0.1, 0.15) is 56.7 Å². The van der Waals surface area contributed by atoms with E-state index < -0.39 is 29.6 Å². The molecule has 8 nitrogen and oxygen atoms in total. The van der Waals surface area contributed by atoms with Crippen molar-refractivity contribution in [2.75, 3.05) is 0 Å². The smallest absolute Gasteiger partial charge is 0.407 e. The zero-order valence-corrected chi connectivity index (χ0v) is 20.9. The van der Waals surface area contributed by atoms with Crippen molar-refractivity contribution in [2.24, 2.45) is 0 Å². The Kier molecular flexibility index (Phi) is 7.56. The summed E-state index contributed by atoms with van der Waals surface area (Å²) < 4.78 is 19.8. The monoisotopic (exact) mass is 496 g/mol. The van der Waals surface area contributed by atoms with Gasteiger partial charge in [-0.3, -0.25) is 14.6 Å². The molecule has 9 heteroatoms. The predicted octanol–water partition coefficient (Wildman–Crippen LogP) is 3.28. The molecule has 2 aromatic rings. The van der Waals surface area contributed by atoms with Crippen LogP contribution in [0.4, 0.5) is 9.18 Å². The average molecular weight is 497 g/mol. The third-order valence-corrected chi connectivity index (χ3v) is 6.25. The van der Waals surface area contributed by atoms with Crippen LogP contribution in [-0.4, -0.2) is 51.5 Å². The lowest BCUT2D eigenvalue weighted by molar-refractivity contribution is -0.142. The van der Waals surface area contributed by atoms with Crippen molar-refractivity contribution < 1.29 is 23.5 Å². The number of nitrogens with zero attached hydrogens (tertiary/aromatic N) is 2. The summed E-state index contributed by atoms with van der Waals surface area (Å²) in [6, 6.07) is 6.90. The van der Waals surface area contributed by atoms with E-state index in [4.69, 9.17) is 4.74 Å². The summed E-state index contributed by atoms with van der Waals surface area (Å²) in [6.07, 6.45) is 4.96. The lowest BCUT2D eigenvalue weighted by Crippen LogP contribution is -2.54. The summed E-state index contributed by atoms with van der Waals surface area (Å²) in [5, 5.41) is 5.75. The molecular weight excluding hydrogens is 463 g/mol. The molecule has 1 fully saturated rings. The standard InChI is InChI=1S/C27H33FN4O4/c1-27(2,3)36-26(35)31-21(12-18-6-4-5-7-22(18)28)14-24(33)32-16-19-15-29-11-10-17(19)13-23(32)25(34)30-20-8-9-20/h4-7,10-11,15,20-21,23H,8-9,12-14,16H2,1-3H3,(H,30,34)(H,31,35). The molecule has 36 heavy (non-hydrogen) atoms. The third-order valence-electron chi connectivity index (χ3n) is 6.25. The second-order valence-corrected chi connectivity index (χ2v) is 10.5. The number of hydrogen-bond acceptors (Lipinski definition) is 5. The maximum absolute atomic E-state index is 14.4. The largest absolute Gasteiger partial charge is 0.444 e. The molecule has 1 aliphatic heterocycles. The summed E-state index contributed by atoms with van der Waals surface area (Å²) in [4.78, 5) is 44.9. The first-order chi connectivity index (χ1) is 17.1. The van der Waals surface area contributed by atoms with Gasteiger partial charge in [0.2, 0.25) is 11.8 Å². The van der Waals surface area contributed by atoms with Crippen molar-refractivity contribution >= 4 is 17.9 Å². The van der Waals surface area contributed by atoms with E-state index in [9.17, 15) is 18.8 Å². The molecule has 0 spiro atoms. The fourth-order valence-corrected chi connectivity index (χ4v) is 4.34. The van der Waals surface area contributed by atoms with Crippen LogP contribution in [-0.2, 0) is 33.7 Å². The molecule has 3 amide bonds. The zero-order valence-electron chi connectivity index (χ0n) is 20.9. The highest BCUT2D eigenvalue weighted by Gasteiger charge is 2.37. The SMILES string of the molecule is CC(C)(C)OC(=O)NC(CC(=O)N1Cc2cnccc2CC1C(=O)NC1CC1)Cc1ccccc1F. The van der Waals surface area contributed by atoms with Gasteiger partial charge in [-0.15, -0.1) is 0 Å². The number of pyridine rings is 1. The minimum absolute atomic E-state index is 0.0998. The number of amides is 3. The van der Waals surface area contributed by atoms with Crippen LogP contribution in [0.3, 0.4) is 0 Å². The van der Waals surface area contributed by atoms with Gasteiger partial charge in [-0.05, 0) is 68.9 Å². The molecule has 2 N–H and O–H groups in total. The first kappa shape index (κ1) is 25.6. The van der Waals surface area contributed by atoms with E-state index in [-0.39, 0.29) is 37.2 Å². The van der Waals surface area contributed by atoms with Gasteiger partial charge in [0.25, 0.3) is 0 Å². The molecule has 0 saturated heterocycles. The summed E-state index contributed by atoms with van der Waals surface area (Å²) in [6.45, 7) is 5.47. The molecule has 2 aliphatic rings.